The minimum absolute atomic E-state index is 0. The van der Waals surface area contributed by atoms with Crippen LogP contribution in [0.4, 0.5) is 0 Å². The van der Waals surface area contributed by atoms with Crippen LogP contribution in [0.5, 0.6) is 0 Å². The van der Waals surface area contributed by atoms with Gasteiger partial charge in [-0.2, -0.15) is 0 Å². The van der Waals surface area contributed by atoms with Crippen molar-refractivity contribution in [2.45, 2.75) is 25.8 Å². The molecule has 0 radical (unpaired) electrons. The summed E-state index contributed by atoms with van der Waals surface area (Å²) in [6, 6.07) is 0. The molecule has 0 aliphatic rings. The van der Waals surface area contributed by atoms with Gasteiger partial charge in [0.15, 0.2) is 11.3 Å². The molecule has 0 aromatic heterocycles. The number of halogens is 1. The van der Waals surface area contributed by atoms with Crippen molar-refractivity contribution in [1.82, 2.24) is 0 Å². The van der Waals surface area contributed by atoms with Gasteiger partial charge in [-0.05, 0) is 6.92 Å². The molecule has 0 spiro atoms. The van der Waals surface area contributed by atoms with E-state index in [0.717, 1.165) is 0 Å². The monoisotopic (exact) mass is 181 g/mol. The van der Waals surface area contributed by atoms with Gasteiger partial charge in [-0.1, -0.05) is 6.92 Å². The van der Waals surface area contributed by atoms with Crippen LogP contribution in [0.1, 0.15) is 20.3 Å². The summed E-state index contributed by atoms with van der Waals surface area (Å²) < 4.78 is 0. The first kappa shape index (κ1) is 13.0. The number of nitrogens with two attached hydrogens (primary N) is 1. The molecule has 4 nitrogen and oxygen atoms in total. The maximum Gasteiger partial charge on any atom is 0.331 e. The lowest BCUT2D eigenvalue weighted by atomic mass is 9.96. The largest absolute Gasteiger partial charge is 0.480 e. The van der Waals surface area contributed by atoms with E-state index in [1.54, 1.807) is 6.92 Å². The molecule has 1 unspecified atom stereocenters. The number of carbonyl (C=O) groups excluding carboxylic acids is 1. The standard InChI is InChI=1S/C6H11NO3.ClH/c1-3-4(8)6(2,7)5(9)10;/h3,7H2,1-2H3,(H,9,10);1H. The van der Waals surface area contributed by atoms with Crippen molar-refractivity contribution in [2.75, 3.05) is 0 Å². The van der Waals surface area contributed by atoms with Gasteiger partial charge in [-0.3, -0.25) is 4.79 Å². The fraction of sp³-hybridized carbons (Fsp3) is 0.667. The van der Waals surface area contributed by atoms with E-state index in [2.05, 4.69) is 0 Å². The molecular formula is C6H12ClNO3. The van der Waals surface area contributed by atoms with Gasteiger partial charge in [-0.25, -0.2) is 4.79 Å². The van der Waals surface area contributed by atoms with Crippen LogP contribution in [0.25, 0.3) is 0 Å². The lowest BCUT2D eigenvalue weighted by molar-refractivity contribution is -0.147. The molecule has 0 fully saturated rings. The Morgan fingerprint density at radius 3 is 2.00 bits per heavy atom. The third kappa shape index (κ3) is 2.86. The van der Waals surface area contributed by atoms with Crippen LogP contribution in [-0.4, -0.2) is 22.4 Å². The van der Waals surface area contributed by atoms with Crippen LogP contribution >= 0.6 is 12.4 Å². The van der Waals surface area contributed by atoms with Gasteiger partial charge in [0.25, 0.3) is 0 Å². The number of hydrogen-bond donors (Lipinski definition) is 2. The predicted molar refractivity (Wildman–Crippen MR) is 42.8 cm³/mol. The molecule has 0 saturated carbocycles. The zero-order valence-electron chi connectivity index (χ0n) is 6.46. The number of ketones is 1. The van der Waals surface area contributed by atoms with Gasteiger partial charge in [0.2, 0.25) is 0 Å². The van der Waals surface area contributed by atoms with Crippen LogP contribution in [0.2, 0.25) is 0 Å². The second-order valence-corrected chi connectivity index (χ2v) is 2.28. The summed E-state index contributed by atoms with van der Waals surface area (Å²) in [7, 11) is 0. The van der Waals surface area contributed by atoms with E-state index in [1.807, 2.05) is 0 Å². The number of carboxylic acids is 1. The Labute approximate surface area is 71.2 Å². The van der Waals surface area contributed by atoms with Crippen LogP contribution in [0.3, 0.4) is 0 Å². The van der Waals surface area contributed by atoms with Crippen molar-refractivity contribution < 1.29 is 14.7 Å². The Balaban J connectivity index is 0. The summed E-state index contributed by atoms with van der Waals surface area (Å²) in [5, 5.41) is 8.40. The molecule has 0 aromatic carbocycles. The van der Waals surface area contributed by atoms with Crippen molar-refractivity contribution in [1.29, 1.82) is 0 Å². The molecule has 0 bridgehead atoms. The lowest BCUT2D eigenvalue weighted by Crippen LogP contribution is -2.51. The molecule has 0 aliphatic heterocycles. The van der Waals surface area contributed by atoms with Crippen molar-refractivity contribution >= 4 is 24.2 Å². The van der Waals surface area contributed by atoms with E-state index in [-0.39, 0.29) is 18.8 Å². The maximum atomic E-state index is 10.8. The summed E-state index contributed by atoms with van der Waals surface area (Å²) in [6.45, 7) is 2.78. The Morgan fingerprint density at radius 2 is 1.91 bits per heavy atom. The van der Waals surface area contributed by atoms with Gasteiger partial charge in [0.05, 0.1) is 0 Å². The lowest BCUT2D eigenvalue weighted by Gasteiger charge is -2.15. The normalized spacial score (nSPS) is 14.5. The summed E-state index contributed by atoms with van der Waals surface area (Å²) in [4.78, 5) is 21.0. The second-order valence-electron chi connectivity index (χ2n) is 2.28. The number of hydrogen-bond acceptors (Lipinski definition) is 3. The van der Waals surface area contributed by atoms with E-state index < -0.39 is 17.3 Å². The van der Waals surface area contributed by atoms with Crippen LogP contribution in [0.15, 0.2) is 0 Å². The minimum Gasteiger partial charge on any atom is -0.480 e. The Morgan fingerprint density at radius 1 is 1.55 bits per heavy atom. The predicted octanol–water partition coefficient (Wildman–Crippen LogP) is 0.189. The first-order valence-electron chi connectivity index (χ1n) is 2.98. The highest BCUT2D eigenvalue weighted by atomic mass is 35.5. The number of Topliss-reactive ketones (excluding diaryl/α,β-unsaturated/α-hetero) is 1. The molecule has 1 atom stereocenters. The summed E-state index contributed by atoms with van der Waals surface area (Å²) in [5.74, 6) is -1.74. The van der Waals surface area contributed by atoms with Crippen molar-refractivity contribution in [2.24, 2.45) is 5.73 Å². The van der Waals surface area contributed by atoms with E-state index in [1.165, 1.54) is 6.92 Å². The average Bonchev–Trinajstić information content (AvgIpc) is 1.86. The first-order valence-corrected chi connectivity index (χ1v) is 2.98. The van der Waals surface area contributed by atoms with Gasteiger partial charge in [0.1, 0.15) is 0 Å². The highest BCUT2D eigenvalue weighted by Crippen LogP contribution is 2.03. The summed E-state index contributed by atoms with van der Waals surface area (Å²) in [6.07, 6.45) is 0.152. The minimum atomic E-state index is -1.71. The Hall–Kier alpha value is -0.610. The Bertz CT molecular complexity index is 167. The Kier molecular flexibility index (Phi) is 5.09. The van der Waals surface area contributed by atoms with Crippen LogP contribution in [-0.2, 0) is 9.59 Å². The highest BCUT2D eigenvalue weighted by Gasteiger charge is 2.34. The summed E-state index contributed by atoms with van der Waals surface area (Å²) >= 11 is 0. The second kappa shape index (κ2) is 4.31. The van der Waals surface area contributed by atoms with E-state index in [4.69, 9.17) is 10.8 Å². The van der Waals surface area contributed by atoms with Crippen LogP contribution < -0.4 is 5.73 Å². The molecule has 0 saturated heterocycles. The average molecular weight is 182 g/mol. The topological polar surface area (TPSA) is 80.4 Å². The maximum absolute atomic E-state index is 10.8. The fourth-order valence-corrected chi connectivity index (χ4v) is 0.486. The smallest absolute Gasteiger partial charge is 0.331 e. The molecular weight excluding hydrogens is 170 g/mol. The molecule has 0 aromatic rings. The van der Waals surface area contributed by atoms with Gasteiger partial charge in [0, 0.05) is 6.42 Å². The summed E-state index contributed by atoms with van der Waals surface area (Å²) in [5.41, 5.74) is 3.45. The van der Waals surface area contributed by atoms with E-state index >= 15 is 0 Å². The molecule has 0 heterocycles. The van der Waals surface area contributed by atoms with E-state index in [9.17, 15) is 9.59 Å². The number of rotatable bonds is 3. The van der Waals surface area contributed by atoms with E-state index in [0.29, 0.717) is 0 Å². The zero-order chi connectivity index (χ0) is 8.36. The van der Waals surface area contributed by atoms with Crippen molar-refractivity contribution in [3.05, 3.63) is 0 Å². The van der Waals surface area contributed by atoms with Crippen molar-refractivity contribution in [3.63, 3.8) is 0 Å². The molecule has 5 heteroatoms. The first-order chi connectivity index (χ1) is 4.42. The molecule has 0 rings (SSSR count). The number of aliphatic carboxylic acids is 1. The molecule has 0 amide bonds. The molecule has 11 heavy (non-hydrogen) atoms. The van der Waals surface area contributed by atoms with Gasteiger partial charge >= 0.3 is 5.97 Å². The zero-order valence-corrected chi connectivity index (χ0v) is 7.27. The number of carbonyl (C=O) groups is 2. The van der Waals surface area contributed by atoms with Gasteiger partial charge < -0.3 is 10.8 Å². The number of carboxylic acid groups (broad SMARTS) is 1. The van der Waals surface area contributed by atoms with Gasteiger partial charge in [-0.15, -0.1) is 12.4 Å². The third-order valence-electron chi connectivity index (χ3n) is 1.34. The molecule has 66 valence electrons. The quantitative estimate of drug-likeness (QED) is 0.609. The fourth-order valence-electron chi connectivity index (χ4n) is 0.486. The highest BCUT2D eigenvalue weighted by molar-refractivity contribution is 6.06. The van der Waals surface area contributed by atoms with Crippen LogP contribution in [0, 0.1) is 0 Å². The molecule has 3 N–H and O–H groups in total. The molecule has 0 aliphatic carbocycles. The SMILES string of the molecule is CCC(=O)C(C)(N)C(=O)O.Cl. The third-order valence-corrected chi connectivity index (χ3v) is 1.34. The van der Waals surface area contributed by atoms with Crippen molar-refractivity contribution in [3.8, 4) is 0 Å².